The van der Waals surface area contributed by atoms with E-state index in [1.54, 1.807) is 66.9 Å². The van der Waals surface area contributed by atoms with Gasteiger partial charge in [-0.05, 0) is 66.7 Å². The molecule has 0 spiro atoms. The van der Waals surface area contributed by atoms with Gasteiger partial charge in [0.15, 0.2) is 23.9 Å². The molecule has 50 heavy (non-hydrogen) atoms. The maximum Gasteiger partial charge on any atom is 0.288 e. The lowest BCUT2D eigenvalue weighted by Crippen LogP contribution is -2.37. The van der Waals surface area contributed by atoms with Gasteiger partial charge in [-0.2, -0.15) is 4.68 Å². The van der Waals surface area contributed by atoms with Crippen LogP contribution in [-0.4, -0.2) is 42.8 Å². The molecule has 12 nitrogen and oxygen atoms in total. The van der Waals surface area contributed by atoms with Crippen LogP contribution in [0.5, 0.6) is 5.75 Å². The third-order valence-electron chi connectivity index (χ3n) is 7.78. The Labute approximate surface area is 287 Å². The van der Waals surface area contributed by atoms with E-state index in [1.165, 1.54) is 18.2 Å². The highest BCUT2D eigenvalue weighted by atomic mass is 35.5. The van der Waals surface area contributed by atoms with Gasteiger partial charge in [-0.1, -0.05) is 54.1 Å². The summed E-state index contributed by atoms with van der Waals surface area (Å²) in [5.41, 5.74) is 4.59. The Morgan fingerprint density at radius 2 is 1.62 bits per heavy atom. The van der Waals surface area contributed by atoms with Crippen molar-refractivity contribution in [2.45, 2.75) is 0 Å². The summed E-state index contributed by atoms with van der Waals surface area (Å²) in [5.74, 6) is -0.723. The van der Waals surface area contributed by atoms with E-state index in [-0.39, 0.29) is 33.3 Å². The molecule has 0 unspecified atom stereocenters. The van der Waals surface area contributed by atoms with E-state index in [1.807, 2.05) is 36.4 Å². The van der Waals surface area contributed by atoms with Crippen molar-refractivity contribution in [3.05, 3.63) is 158 Å². The summed E-state index contributed by atoms with van der Waals surface area (Å²) in [6.07, 6.45) is 1.65. The molecule has 0 aliphatic heterocycles. The highest BCUT2D eigenvalue weighted by molar-refractivity contribution is 6.32. The fourth-order valence-electron chi connectivity index (χ4n) is 5.38. The molecule has 7 aromatic rings. The summed E-state index contributed by atoms with van der Waals surface area (Å²) < 4.78 is 6.60. The Morgan fingerprint density at radius 3 is 2.40 bits per heavy atom. The van der Waals surface area contributed by atoms with E-state index < -0.39 is 23.0 Å². The number of nitro groups is 1. The lowest BCUT2D eigenvalue weighted by Gasteiger charge is -2.15. The minimum atomic E-state index is -0.711. The molecule has 7 rings (SSSR count). The number of benzene rings is 4. The van der Waals surface area contributed by atoms with Crippen molar-refractivity contribution >= 4 is 50.9 Å². The van der Waals surface area contributed by atoms with Crippen LogP contribution >= 0.6 is 11.6 Å². The van der Waals surface area contributed by atoms with Gasteiger partial charge in [-0.15, -0.1) is 0 Å². The number of ketones is 1. The average Bonchev–Trinajstić information content (AvgIpc) is 3.15. The van der Waals surface area contributed by atoms with Gasteiger partial charge in [-0.3, -0.25) is 29.9 Å². The molecule has 13 heteroatoms. The number of nitrogens with one attached hydrogen (secondary N) is 1. The zero-order valence-electron chi connectivity index (χ0n) is 25.8. The smallest absolute Gasteiger partial charge is 0.288 e. The lowest BCUT2D eigenvalue weighted by molar-refractivity contribution is -0.384. The van der Waals surface area contributed by atoms with E-state index in [0.717, 1.165) is 15.6 Å². The van der Waals surface area contributed by atoms with Crippen LogP contribution in [0.4, 0.5) is 5.69 Å². The topological polar surface area (TPSA) is 159 Å². The van der Waals surface area contributed by atoms with Crippen LogP contribution in [0, 0.1) is 10.1 Å². The summed E-state index contributed by atoms with van der Waals surface area (Å²) in [5, 5.41) is 12.4. The van der Waals surface area contributed by atoms with Crippen molar-refractivity contribution in [1.29, 1.82) is 0 Å². The van der Waals surface area contributed by atoms with Gasteiger partial charge in [-0.25, -0.2) is 15.0 Å². The quantitative estimate of drug-likeness (QED) is 0.100. The molecule has 0 fully saturated rings. The maximum absolute atomic E-state index is 13.8. The van der Waals surface area contributed by atoms with Crippen LogP contribution in [0.3, 0.4) is 0 Å². The number of rotatable bonds is 9. The Kier molecular flexibility index (Phi) is 8.50. The minimum Gasteiger partial charge on any atom is -0.484 e. The number of fused-ring (bicyclic) bond motifs is 2. The van der Waals surface area contributed by atoms with Gasteiger partial charge in [0.2, 0.25) is 0 Å². The summed E-state index contributed by atoms with van der Waals surface area (Å²) in [7, 11) is 0. The van der Waals surface area contributed by atoms with E-state index >= 15 is 0 Å². The Balaban J connectivity index is 1.12. The maximum atomic E-state index is 13.8. The molecule has 1 N–H and O–H groups in total. The highest BCUT2D eigenvalue weighted by Gasteiger charge is 2.21. The van der Waals surface area contributed by atoms with Crippen molar-refractivity contribution in [3.8, 4) is 28.4 Å². The number of carbonyl (C=O) groups excluding carboxylic acids is 2. The summed E-state index contributed by atoms with van der Waals surface area (Å²) >= 11 is 6.00. The molecule has 244 valence electrons. The summed E-state index contributed by atoms with van der Waals surface area (Å²) in [4.78, 5) is 64.8. The van der Waals surface area contributed by atoms with E-state index in [9.17, 15) is 24.5 Å². The number of hydrogen-bond acceptors (Lipinski definition) is 9. The number of hydrogen-bond donors (Lipinski definition) is 1. The first-order valence-electron chi connectivity index (χ1n) is 15.1. The van der Waals surface area contributed by atoms with Crippen LogP contribution in [0.15, 0.2) is 126 Å². The Hall–Kier alpha value is -6.79. The lowest BCUT2D eigenvalue weighted by atomic mass is 9.97. The molecule has 0 atom stereocenters. The Bertz CT molecular complexity index is 2520. The van der Waals surface area contributed by atoms with Gasteiger partial charge in [0.25, 0.3) is 17.2 Å². The van der Waals surface area contributed by atoms with E-state index in [4.69, 9.17) is 21.3 Å². The molecule has 1 amide bonds. The number of ether oxygens (including phenoxy) is 1. The second kappa shape index (κ2) is 13.4. The second-order valence-electron chi connectivity index (χ2n) is 11.0. The zero-order valence-corrected chi connectivity index (χ0v) is 26.6. The summed E-state index contributed by atoms with van der Waals surface area (Å²) in [6.45, 7) is -0.507. The van der Waals surface area contributed by atoms with Crippen molar-refractivity contribution in [2.24, 2.45) is 0 Å². The van der Waals surface area contributed by atoms with Crippen molar-refractivity contribution in [2.75, 3.05) is 12.0 Å². The van der Waals surface area contributed by atoms with Crippen molar-refractivity contribution < 1.29 is 19.2 Å². The third-order valence-corrected chi connectivity index (χ3v) is 8.10. The minimum absolute atomic E-state index is 0.0430. The van der Waals surface area contributed by atoms with Crippen LogP contribution in [0.25, 0.3) is 44.6 Å². The molecule has 0 aliphatic carbocycles. The Morgan fingerprint density at radius 1 is 0.860 bits per heavy atom. The standard InChI is InChI=1S/C37H23ClN6O6/c38-29-17-14-25(20-31(29)44(48)49)36-40-30-11-5-4-10-27(30)37(47)43(36)42-32(45)21-50-26-15-12-23(13-16-26)34(46)28-19-24-9-6-18-39-35(24)41-33(28)22-7-2-1-3-8-22/h1-20H,21H2,(H,42,45). The first-order valence-corrected chi connectivity index (χ1v) is 15.5. The second-order valence-corrected chi connectivity index (χ2v) is 11.4. The van der Waals surface area contributed by atoms with Gasteiger partial charge in [0.05, 0.1) is 21.5 Å². The van der Waals surface area contributed by atoms with Crippen LogP contribution in [-0.2, 0) is 4.79 Å². The SMILES string of the molecule is O=C(COc1ccc(C(=O)c2cc3cccnc3nc2-c2ccccc2)cc1)Nn1c(-c2ccc(Cl)c([N+](=O)[O-])c2)nc2ccccc2c1=O. The van der Waals surface area contributed by atoms with E-state index in [2.05, 4.69) is 15.4 Å². The van der Waals surface area contributed by atoms with Crippen LogP contribution in [0.2, 0.25) is 5.02 Å². The number of para-hydroxylation sites is 1. The zero-order chi connectivity index (χ0) is 34.8. The molecule has 0 bridgehead atoms. The molecule has 4 aromatic carbocycles. The molecule has 3 heterocycles. The van der Waals surface area contributed by atoms with Crippen molar-refractivity contribution in [3.63, 3.8) is 0 Å². The number of carbonyl (C=O) groups is 2. The average molecular weight is 683 g/mol. The number of aromatic nitrogens is 4. The molecule has 3 aromatic heterocycles. The highest BCUT2D eigenvalue weighted by Crippen LogP contribution is 2.30. The normalized spacial score (nSPS) is 11.0. The monoisotopic (exact) mass is 682 g/mol. The van der Waals surface area contributed by atoms with Gasteiger partial charge in [0.1, 0.15) is 10.8 Å². The first-order chi connectivity index (χ1) is 24.3. The van der Waals surface area contributed by atoms with Crippen LogP contribution < -0.4 is 15.7 Å². The number of pyridine rings is 2. The fourth-order valence-corrected chi connectivity index (χ4v) is 5.57. The predicted molar refractivity (Wildman–Crippen MR) is 188 cm³/mol. The van der Waals surface area contributed by atoms with Gasteiger partial charge < -0.3 is 4.74 Å². The first kappa shape index (κ1) is 31.8. The molecular formula is C37H23ClN6O6. The fraction of sp³-hybridized carbons (Fsp3) is 0.0270. The summed E-state index contributed by atoms with van der Waals surface area (Å²) in [6, 6.07) is 31.5. The number of amides is 1. The molecule has 0 aliphatic rings. The molecule has 0 saturated heterocycles. The van der Waals surface area contributed by atoms with Gasteiger partial charge in [0, 0.05) is 39.9 Å². The van der Waals surface area contributed by atoms with Gasteiger partial charge >= 0.3 is 0 Å². The predicted octanol–water partition coefficient (Wildman–Crippen LogP) is 6.62. The number of nitro benzene ring substituents is 1. The molecule has 0 saturated carbocycles. The largest absolute Gasteiger partial charge is 0.484 e. The number of halogens is 1. The van der Waals surface area contributed by atoms with E-state index in [0.29, 0.717) is 33.7 Å². The van der Waals surface area contributed by atoms with Crippen LogP contribution in [0.1, 0.15) is 15.9 Å². The number of nitrogens with zero attached hydrogens (tertiary/aromatic N) is 5. The van der Waals surface area contributed by atoms with Crippen molar-refractivity contribution in [1.82, 2.24) is 19.6 Å². The molecular weight excluding hydrogens is 660 g/mol. The third kappa shape index (κ3) is 6.25. The molecule has 0 radical (unpaired) electrons.